The van der Waals surface area contributed by atoms with E-state index in [1.165, 1.54) is 0 Å². The van der Waals surface area contributed by atoms with Crippen LogP contribution in [0.2, 0.25) is 0 Å². The van der Waals surface area contributed by atoms with Crippen molar-refractivity contribution >= 4 is 24.0 Å². The first-order valence-electron chi connectivity index (χ1n) is 9.07. The zero-order chi connectivity index (χ0) is 31.3. The molecule has 1 unspecified atom stereocenters. The van der Waals surface area contributed by atoms with E-state index in [0.717, 1.165) is 0 Å². The molecule has 0 aliphatic heterocycles. The van der Waals surface area contributed by atoms with Gasteiger partial charge >= 0.3 is 79.2 Å². The van der Waals surface area contributed by atoms with Gasteiger partial charge in [0.25, 0.3) is 0 Å². The molecule has 0 heterocycles. The molecule has 0 aromatic carbocycles. The van der Waals surface area contributed by atoms with Gasteiger partial charge in [-0.15, -0.1) is 0 Å². The third kappa shape index (κ3) is 9.07. The zero-order valence-corrected chi connectivity index (χ0v) is 19.7. The quantitative estimate of drug-likeness (QED) is 0.0445. The number of ether oxygens (including phenoxy) is 2. The molecule has 1 atom stereocenters. The summed E-state index contributed by atoms with van der Waals surface area (Å²) in [5.74, 6) is -47.8. The van der Waals surface area contributed by atoms with E-state index in [1.54, 1.807) is 0 Å². The van der Waals surface area contributed by atoms with Crippen molar-refractivity contribution in [3.63, 3.8) is 0 Å². The number of alkyl halides is 16. The fourth-order valence-electron chi connectivity index (χ4n) is 1.99. The second-order valence-electron chi connectivity index (χ2n) is 7.00. The first-order chi connectivity index (χ1) is 17.3. The summed E-state index contributed by atoms with van der Waals surface area (Å²) in [6.07, 6.45) is -12.5. The summed E-state index contributed by atoms with van der Waals surface area (Å²) < 4.78 is 217. The maximum Gasteiger partial charge on any atom is 1.00 e. The predicted molar refractivity (Wildman–Crippen MR) is 86.3 cm³/mol. The van der Waals surface area contributed by atoms with E-state index in [9.17, 15) is 85.1 Å². The van der Waals surface area contributed by atoms with E-state index >= 15 is 0 Å². The van der Waals surface area contributed by atoms with Crippen molar-refractivity contribution in [2.75, 3.05) is 19.0 Å². The minimum absolute atomic E-state index is 0. The third-order valence-corrected chi connectivity index (χ3v) is 4.90. The molecule has 0 aromatic heterocycles. The van der Waals surface area contributed by atoms with Crippen LogP contribution in [0.1, 0.15) is 6.42 Å². The summed E-state index contributed by atoms with van der Waals surface area (Å²) in [4.78, 5) is 23.4. The number of carbonyl (C=O) groups excluding carboxylic acids is 2. The first kappa shape index (κ1) is 40.8. The van der Waals surface area contributed by atoms with Gasteiger partial charge < -0.3 is 14.7 Å². The maximum atomic E-state index is 13.5. The van der Waals surface area contributed by atoms with Crippen LogP contribution in [-0.2, 0) is 28.4 Å². The van der Waals surface area contributed by atoms with Crippen LogP contribution in [0.5, 0.6) is 0 Å². The monoisotopic (exact) mass is 646 g/mol. The standard InChI is InChI=1S/C15H12F16O7S.Li/c16-8(17)12(24,25)14(28,29)10(20,21)3-35-6(32)1-5(2-39-38-37-34)7(33)36-4-11(22,23)15(30,31)13(26,27)9(18)19;/h5,8-9,34H,1-4H2;/q;+1/p-1. The molecule has 0 aromatic rings. The molecular formula is C15H11F16LiO7S. The van der Waals surface area contributed by atoms with E-state index < -0.39 is 91.6 Å². The molecule has 0 radical (unpaired) electrons. The van der Waals surface area contributed by atoms with Crippen LogP contribution in [0.3, 0.4) is 0 Å². The van der Waals surface area contributed by atoms with Crippen LogP contribution in [0.15, 0.2) is 0 Å². The van der Waals surface area contributed by atoms with E-state index in [0.29, 0.717) is 0 Å². The number of rotatable bonds is 17. The number of carbonyl (C=O) groups is 2. The van der Waals surface area contributed by atoms with Gasteiger partial charge in [0.2, 0.25) is 0 Å². The molecule has 232 valence electrons. The molecule has 0 N–H and O–H groups in total. The van der Waals surface area contributed by atoms with E-state index in [2.05, 4.69) is 18.8 Å². The average Bonchev–Trinajstić information content (AvgIpc) is 2.79. The summed E-state index contributed by atoms with van der Waals surface area (Å²) >= 11 is -0.336. The normalized spacial score (nSPS) is 14.7. The zero-order valence-electron chi connectivity index (χ0n) is 18.9. The van der Waals surface area contributed by atoms with Gasteiger partial charge in [-0.1, -0.05) is 0 Å². The molecular weight excluding hydrogens is 635 g/mol. The molecule has 0 rings (SSSR count). The SMILES string of the molecule is O=C(CC(CSOO[O-])C(=O)OCC(F)(F)C(F)(F)C(F)(F)C(F)F)OCC(F)(F)C(F)(F)C(F)(F)C(F)F.[Li+]. The van der Waals surface area contributed by atoms with Crippen LogP contribution in [-0.4, -0.2) is 79.3 Å². The Morgan fingerprint density at radius 2 is 1.07 bits per heavy atom. The molecule has 25 heteroatoms. The van der Waals surface area contributed by atoms with Gasteiger partial charge in [-0.05, 0) is 0 Å². The van der Waals surface area contributed by atoms with Crippen LogP contribution in [0.25, 0.3) is 0 Å². The van der Waals surface area contributed by atoms with Crippen molar-refractivity contribution in [2.24, 2.45) is 5.92 Å². The van der Waals surface area contributed by atoms with Gasteiger partial charge in [-0.25, -0.2) is 17.6 Å². The van der Waals surface area contributed by atoms with Crippen LogP contribution < -0.4 is 24.1 Å². The Balaban J connectivity index is 0. The maximum absolute atomic E-state index is 13.5. The molecule has 0 aliphatic rings. The van der Waals surface area contributed by atoms with Crippen molar-refractivity contribution in [1.29, 1.82) is 0 Å². The fraction of sp³-hybridized carbons (Fsp3) is 0.867. The molecule has 0 amide bonds. The van der Waals surface area contributed by atoms with Crippen molar-refractivity contribution < 1.29 is 123 Å². The van der Waals surface area contributed by atoms with Gasteiger partial charge in [0, 0.05) is 17.8 Å². The van der Waals surface area contributed by atoms with Crippen molar-refractivity contribution in [2.45, 2.75) is 54.8 Å². The smallest absolute Gasteiger partial charge is 0.691 e. The molecule has 0 bridgehead atoms. The first-order valence-corrected chi connectivity index (χ1v) is 9.98. The van der Waals surface area contributed by atoms with Gasteiger partial charge in [0.15, 0.2) is 13.2 Å². The summed E-state index contributed by atoms with van der Waals surface area (Å²) in [5.41, 5.74) is 0. The average molecular weight is 646 g/mol. The molecule has 0 spiro atoms. The Morgan fingerprint density at radius 3 is 1.43 bits per heavy atom. The molecule has 40 heavy (non-hydrogen) atoms. The Labute approximate surface area is 227 Å². The third-order valence-electron chi connectivity index (χ3n) is 4.21. The minimum atomic E-state index is -6.85. The van der Waals surface area contributed by atoms with Gasteiger partial charge in [-0.3, -0.25) is 14.6 Å². The largest absolute Gasteiger partial charge is 1.00 e. The van der Waals surface area contributed by atoms with Crippen molar-refractivity contribution in [3.05, 3.63) is 0 Å². The molecule has 0 fully saturated rings. The van der Waals surface area contributed by atoms with E-state index in [1.807, 2.05) is 0 Å². The summed E-state index contributed by atoms with van der Waals surface area (Å²) in [7, 11) is 0. The summed E-state index contributed by atoms with van der Waals surface area (Å²) in [5, 5.41) is 12.5. The fourth-order valence-corrected chi connectivity index (χ4v) is 2.51. The summed E-state index contributed by atoms with van der Waals surface area (Å²) in [6.45, 7) is -6.13. The number of halogens is 16. The Hall–Kier alpha value is -1.35. The second kappa shape index (κ2) is 14.7. The second-order valence-corrected chi connectivity index (χ2v) is 7.70. The minimum Gasteiger partial charge on any atom is -0.691 e. The molecule has 7 nitrogen and oxygen atoms in total. The molecule has 0 saturated carbocycles. The van der Waals surface area contributed by atoms with Gasteiger partial charge in [0.1, 0.15) is 0 Å². The molecule has 0 aliphatic carbocycles. The topological polar surface area (TPSA) is 94.1 Å². The Kier molecular flexibility index (Phi) is 15.0. The van der Waals surface area contributed by atoms with Crippen LogP contribution in [0.4, 0.5) is 70.2 Å². The molecule has 0 saturated heterocycles. The Morgan fingerprint density at radius 1 is 0.700 bits per heavy atom. The van der Waals surface area contributed by atoms with E-state index in [-0.39, 0.29) is 30.9 Å². The van der Waals surface area contributed by atoms with Crippen LogP contribution >= 0.6 is 12.0 Å². The van der Waals surface area contributed by atoms with Gasteiger partial charge in [0.05, 0.1) is 12.3 Å². The number of esters is 2. The number of hydrogen-bond acceptors (Lipinski definition) is 8. The van der Waals surface area contributed by atoms with Crippen molar-refractivity contribution in [3.8, 4) is 0 Å². The number of hydrogen-bond donors (Lipinski definition) is 0. The van der Waals surface area contributed by atoms with Crippen molar-refractivity contribution in [1.82, 2.24) is 0 Å². The Bertz CT molecular complexity index is 832. The van der Waals surface area contributed by atoms with Gasteiger partial charge in [-0.2, -0.15) is 57.0 Å². The van der Waals surface area contributed by atoms with Crippen LogP contribution in [0, 0.1) is 5.92 Å². The summed E-state index contributed by atoms with van der Waals surface area (Å²) in [6, 6.07) is 0. The predicted octanol–water partition coefficient (Wildman–Crippen LogP) is 1.30. The van der Waals surface area contributed by atoms with E-state index in [4.69, 9.17) is 0 Å².